The second kappa shape index (κ2) is 10.9. The van der Waals surface area contributed by atoms with Gasteiger partial charge in [0.05, 0.1) is 5.69 Å². The number of nitrogens with one attached hydrogen (secondary N) is 1. The van der Waals surface area contributed by atoms with Crippen molar-refractivity contribution in [3.63, 3.8) is 0 Å². The van der Waals surface area contributed by atoms with E-state index in [0.29, 0.717) is 39.9 Å². The van der Waals surface area contributed by atoms with Gasteiger partial charge in [-0.25, -0.2) is 14.8 Å². The van der Waals surface area contributed by atoms with E-state index in [-0.39, 0.29) is 11.7 Å². The fourth-order valence-corrected chi connectivity index (χ4v) is 7.47. The molecule has 3 N–H and O–H groups in total. The molecule has 9 nitrogen and oxygen atoms in total. The lowest BCUT2D eigenvalue weighted by Crippen LogP contribution is -2.47. The SMILES string of the molecule is Nc1ncnc2c1n(-c1ccc(Oc3ccccc3)cc1)c(=O)n2C1CCN(C2CCC3(CCNCC3)CC2)CC1. The zero-order chi connectivity index (χ0) is 27.8. The van der Waals surface area contributed by atoms with Crippen LogP contribution >= 0.6 is 0 Å². The Hall–Kier alpha value is -3.69. The molecule has 3 fully saturated rings. The molecule has 2 aliphatic heterocycles. The number of nitrogens with two attached hydrogens (primary N) is 1. The van der Waals surface area contributed by atoms with E-state index in [9.17, 15) is 4.79 Å². The predicted octanol–water partition coefficient (Wildman–Crippen LogP) is 4.91. The van der Waals surface area contributed by atoms with Crippen LogP contribution in [-0.4, -0.2) is 56.2 Å². The van der Waals surface area contributed by atoms with E-state index >= 15 is 0 Å². The number of ether oxygens (including phenoxy) is 1. The number of imidazole rings is 1. The average Bonchev–Trinajstić information content (AvgIpc) is 3.32. The molecule has 0 unspecified atom stereocenters. The number of fused-ring (bicyclic) bond motifs is 1. The highest BCUT2D eigenvalue weighted by Crippen LogP contribution is 2.45. The highest BCUT2D eigenvalue weighted by molar-refractivity contribution is 5.84. The smallest absolute Gasteiger partial charge is 0.335 e. The van der Waals surface area contributed by atoms with E-state index in [2.05, 4.69) is 20.2 Å². The number of likely N-dealkylation sites (tertiary alicyclic amines) is 1. The molecule has 1 saturated carbocycles. The first-order valence-electron chi connectivity index (χ1n) is 15.1. The number of nitrogens with zero attached hydrogens (tertiary/aromatic N) is 5. The summed E-state index contributed by atoms with van der Waals surface area (Å²) in [6.07, 6.45) is 11.3. The van der Waals surface area contributed by atoms with Crippen molar-refractivity contribution in [1.82, 2.24) is 29.3 Å². The zero-order valence-corrected chi connectivity index (χ0v) is 23.5. The van der Waals surface area contributed by atoms with Crippen LogP contribution < -0.4 is 21.5 Å². The minimum Gasteiger partial charge on any atom is -0.457 e. The monoisotopic (exact) mass is 553 g/mol. The molecule has 41 heavy (non-hydrogen) atoms. The van der Waals surface area contributed by atoms with Crippen LogP contribution in [0.25, 0.3) is 16.9 Å². The summed E-state index contributed by atoms with van der Waals surface area (Å²) in [4.78, 5) is 25.5. The Bertz CT molecular complexity index is 1540. The van der Waals surface area contributed by atoms with E-state index < -0.39 is 0 Å². The van der Waals surface area contributed by atoms with Gasteiger partial charge in [0.25, 0.3) is 0 Å². The molecule has 4 heterocycles. The van der Waals surface area contributed by atoms with Crippen molar-refractivity contribution in [2.75, 3.05) is 31.9 Å². The minimum absolute atomic E-state index is 0.0804. The van der Waals surface area contributed by atoms with Gasteiger partial charge < -0.3 is 20.7 Å². The van der Waals surface area contributed by atoms with Gasteiger partial charge in [0.15, 0.2) is 11.5 Å². The number of piperidine rings is 2. The number of hydrogen-bond donors (Lipinski definition) is 2. The number of nitrogen functional groups attached to an aromatic ring is 1. The number of anilines is 1. The Balaban J connectivity index is 1.10. The molecule has 3 aliphatic rings. The van der Waals surface area contributed by atoms with E-state index in [0.717, 1.165) is 31.7 Å². The summed E-state index contributed by atoms with van der Waals surface area (Å²) in [7, 11) is 0. The van der Waals surface area contributed by atoms with Crippen LogP contribution in [0.15, 0.2) is 65.7 Å². The van der Waals surface area contributed by atoms with Gasteiger partial charge in [0.1, 0.15) is 23.3 Å². The molecule has 2 aromatic heterocycles. The molecule has 2 saturated heterocycles. The number of aromatic nitrogens is 4. The summed E-state index contributed by atoms with van der Waals surface area (Å²) in [6.45, 7) is 4.38. The van der Waals surface area contributed by atoms with E-state index in [1.165, 1.54) is 57.9 Å². The Kier molecular flexibility index (Phi) is 7.00. The van der Waals surface area contributed by atoms with Crippen molar-refractivity contribution in [2.45, 2.75) is 63.5 Å². The number of hydrogen-bond acceptors (Lipinski definition) is 7. The quantitative estimate of drug-likeness (QED) is 0.362. The van der Waals surface area contributed by atoms with Crippen LogP contribution in [0, 0.1) is 5.41 Å². The Morgan fingerprint density at radius 1 is 0.829 bits per heavy atom. The van der Waals surface area contributed by atoms with Gasteiger partial charge in [0, 0.05) is 25.2 Å². The summed E-state index contributed by atoms with van der Waals surface area (Å²) in [5, 5.41) is 3.53. The van der Waals surface area contributed by atoms with Crippen LogP contribution in [0.3, 0.4) is 0 Å². The molecule has 0 atom stereocenters. The molecule has 214 valence electrons. The highest BCUT2D eigenvalue weighted by Gasteiger charge is 2.38. The molecule has 0 radical (unpaired) electrons. The lowest BCUT2D eigenvalue weighted by Gasteiger charge is -2.47. The molecular weight excluding hydrogens is 514 g/mol. The fraction of sp³-hybridized carbons (Fsp3) is 0.469. The van der Waals surface area contributed by atoms with Gasteiger partial charge in [-0.3, -0.25) is 9.13 Å². The van der Waals surface area contributed by atoms with Crippen molar-refractivity contribution in [2.24, 2.45) is 5.41 Å². The third kappa shape index (κ3) is 5.02. The number of rotatable bonds is 5. The molecular formula is C32H39N7O2. The topological polar surface area (TPSA) is 103 Å². The van der Waals surface area contributed by atoms with Crippen molar-refractivity contribution >= 4 is 17.0 Å². The first-order chi connectivity index (χ1) is 20.1. The lowest BCUT2D eigenvalue weighted by atomic mass is 9.67. The van der Waals surface area contributed by atoms with Crippen LogP contribution in [-0.2, 0) is 0 Å². The summed E-state index contributed by atoms with van der Waals surface area (Å²) >= 11 is 0. The third-order valence-corrected chi connectivity index (χ3v) is 9.81. The maximum atomic E-state index is 14.0. The van der Waals surface area contributed by atoms with Gasteiger partial charge >= 0.3 is 5.69 Å². The molecule has 1 spiro atoms. The normalized spacial score (nSPS) is 20.5. The Morgan fingerprint density at radius 2 is 1.51 bits per heavy atom. The molecule has 7 rings (SSSR count). The van der Waals surface area contributed by atoms with E-state index in [1.54, 1.807) is 4.57 Å². The zero-order valence-electron chi connectivity index (χ0n) is 23.5. The van der Waals surface area contributed by atoms with Gasteiger partial charge in [-0.1, -0.05) is 18.2 Å². The highest BCUT2D eigenvalue weighted by atomic mass is 16.5. The van der Waals surface area contributed by atoms with E-state index in [4.69, 9.17) is 10.5 Å². The van der Waals surface area contributed by atoms with Gasteiger partial charge in [-0.15, -0.1) is 0 Å². The molecule has 0 bridgehead atoms. The average molecular weight is 554 g/mol. The van der Waals surface area contributed by atoms with Gasteiger partial charge in [-0.05, 0) is 106 Å². The molecule has 2 aromatic carbocycles. The van der Waals surface area contributed by atoms with E-state index in [1.807, 2.05) is 59.2 Å². The maximum absolute atomic E-state index is 14.0. The maximum Gasteiger partial charge on any atom is 0.335 e. The third-order valence-electron chi connectivity index (χ3n) is 9.81. The lowest BCUT2D eigenvalue weighted by molar-refractivity contribution is 0.0486. The molecule has 9 heteroatoms. The first kappa shape index (κ1) is 26.2. The van der Waals surface area contributed by atoms with Crippen LogP contribution in [0.4, 0.5) is 5.82 Å². The van der Waals surface area contributed by atoms with Crippen LogP contribution in [0.2, 0.25) is 0 Å². The van der Waals surface area contributed by atoms with Gasteiger partial charge in [-0.2, -0.15) is 0 Å². The number of benzene rings is 2. The summed E-state index contributed by atoms with van der Waals surface area (Å²) < 4.78 is 9.48. The van der Waals surface area contributed by atoms with Gasteiger partial charge in [0.2, 0.25) is 0 Å². The van der Waals surface area contributed by atoms with Crippen molar-refractivity contribution in [3.05, 3.63) is 71.4 Å². The van der Waals surface area contributed by atoms with Crippen molar-refractivity contribution in [3.8, 4) is 17.2 Å². The minimum atomic E-state index is -0.118. The van der Waals surface area contributed by atoms with Crippen molar-refractivity contribution in [1.29, 1.82) is 0 Å². The Morgan fingerprint density at radius 3 is 2.22 bits per heavy atom. The summed E-state index contributed by atoms with van der Waals surface area (Å²) in [6, 6.07) is 17.9. The standard InChI is InChI=1S/C32H39N7O2/c33-29-28-30(36-22-35-29)39(31(40)38(28)24-6-8-27(9-7-24)41-26-4-2-1-3-5-26)25-12-20-37(21-13-25)23-10-14-32(15-11-23)16-18-34-19-17-32/h1-9,22-23,25,34H,10-21H2,(H2,33,35,36). The second-order valence-electron chi connectivity index (χ2n) is 12.1. The van der Waals surface area contributed by atoms with Crippen LogP contribution in [0.5, 0.6) is 11.5 Å². The number of para-hydroxylation sites is 1. The molecule has 1 aliphatic carbocycles. The fourth-order valence-electron chi connectivity index (χ4n) is 7.47. The summed E-state index contributed by atoms with van der Waals surface area (Å²) in [5.41, 5.74) is 8.71. The predicted molar refractivity (Wildman–Crippen MR) is 161 cm³/mol. The molecule has 4 aromatic rings. The largest absolute Gasteiger partial charge is 0.457 e. The first-order valence-corrected chi connectivity index (χ1v) is 15.1. The van der Waals surface area contributed by atoms with Crippen molar-refractivity contribution < 1.29 is 4.74 Å². The summed E-state index contributed by atoms with van der Waals surface area (Å²) in [5.74, 6) is 1.76. The second-order valence-corrected chi connectivity index (χ2v) is 12.1. The molecule has 0 amide bonds. The Labute approximate surface area is 240 Å². The van der Waals surface area contributed by atoms with Crippen LogP contribution in [0.1, 0.15) is 57.4 Å².